The van der Waals surface area contributed by atoms with Crippen molar-refractivity contribution in [3.05, 3.63) is 71.3 Å². The average molecular weight is 636 g/mol. The van der Waals surface area contributed by atoms with Crippen molar-refractivity contribution in [2.75, 3.05) is 13.2 Å². The van der Waals surface area contributed by atoms with Gasteiger partial charge in [-0.1, -0.05) is 68.2 Å². The van der Waals surface area contributed by atoms with Crippen LogP contribution in [0.25, 0.3) is 0 Å². The minimum absolute atomic E-state index is 0.129. The van der Waals surface area contributed by atoms with E-state index in [1.807, 2.05) is 37.3 Å². The summed E-state index contributed by atoms with van der Waals surface area (Å²) >= 11 is 0. The Morgan fingerprint density at radius 1 is 0.870 bits per heavy atom. The second-order valence-electron chi connectivity index (χ2n) is 13.1. The summed E-state index contributed by atoms with van der Waals surface area (Å²) in [6.07, 6.45) is 6.97. The molecule has 0 aliphatic rings. The van der Waals surface area contributed by atoms with E-state index in [0.29, 0.717) is 17.5 Å². The number of amides is 3. The van der Waals surface area contributed by atoms with Crippen molar-refractivity contribution in [2.24, 2.45) is 0 Å². The summed E-state index contributed by atoms with van der Waals surface area (Å²) in [5.41, 5.74) is 0.141. The normalized spacial score (nSPS) is 13.4. The summed E-state index contributed by atoms with van der Waals surface area (Å²) in [5, 5.41) is 15.5. The van der Waals surface area contributed by atoms with Gasteiger partial charge in [0, 0.05) is 18.5 Å². The summed E-state index contributed by atoms with van der Waals surface area (Å²) in [6.45, 7) is 11.6. The van der Waals surface area contributed by atoms with E-state index in [-0.39, 0.29) is 13.0 Å². The largest absolute Gasteiger partial charge is 0.458 e. The number of aliphatic hydroxyl groups excluding tert-OH is 1. The van der Waals surface area contributed by atoms with Crippen molar-refractivity contribution in [1.82, 2.24) is 15.5 Å². The zero-order valence-electron chi connectivity index (χ0n) is 28.1. The van der Waals surface area contributed by atoms with Gasteiger partial charge in [0.1, 0.15) is 29.3 Å². The van der Waals surface area contributed by atoms with Crippen molar-refractivity contribution in [2.45, 2.75) is 103 Å². The van der Waals surface area contributed by atoms with Gasteiger partial charge in [-0.15, -0.1) is 6.42 Å². The first kappa shape index (κ1) is 37.8. The summed E-state index contributed by atoms with van der Waals surface area (Å²) in [4.78, 5) is 55.8. The lowest BCUT2D eigenvalue weighted by Crippen LogP contribution is -2.56. The Bertz CT molecular complexity index is 1340. The topological polar surface area (TPSA) is 134 Å². The van der Waals surface area contributed by atoms with E-state index in [1.54, 1.807) is 65.8 Å². The van der Waals surface area contributed by atoms with Gasteiger partial charge in [0.2, 0.25) is 11.8 Å². The highest BCUT2D eigenvalue weighted by Crippen LogP contribution is 2.25. The van der Waals surface area contributed by atoms with Gasteiger partial charge in [0.25, 0.3) is 0 Å². The molecule has 3 unspecified atom stereocenters. The van der Waals surface area contributed by atoms with Gasteiger partial charge < -0.3 is 30.1 Å². The number of alkyl carbamates (subject to hydrolysis) is 1. The van der Waals surface area contributed by atoms with Crippen LogP contribution >= 0.6 is 0 Å². The number of carbonyl (C=O) groups is 4. The molecule has 0 aliphatic heterocycles. The van der Waals surface area contributed by atoms with E-state index in [0.717, 1.165) is 18.4 Å². The summed E-state index contributed by atoms with van der Waals surface area (Å²) < 4.78 is 11.0. The molecule has 46 heavy (non-hydrogen) atoms. The number of ether oxygens (including phenoxy) is 2. The number of esters is 1. The number of rotatable bonds is 14. The van der Waals surface area contributed by atoms with Crippen LogP contribution in [-0.4, -0.2) is 70.3 Å². The molecule has 3 amide bonds. The van der Waals surface area contributed by atoms with Gasteiger partial charge in [-0.25, -0.2) is 9.59 Å². The zero-order chi connectivity index (χ0) is 34.5. The molecule has 0 spiro atoms. The van der Waals surface area contributed by atoms with Crippen molar-refractivity contribution >= 4 is 23.9 Å². The number of hydrogen-bond acceptors (Lipinski definition) is 7. The molecular formula is C36H49N3O7. The highest BCUT2D eigenvalue weighted by Gasteiger charge is 2.38. The van der Waals surface area contributed by atoms with E-state index >= 15 is 0 Å². The minimum Gasteiger partial charge on any atom is -0.458 e. The summed E-state index contributed by atoms with van der Waals surface area (Å²) in [7, 11) is 0. The maximum Gasteiger partial charge on any atom is 0.408 e. The fourth-order valence-electron chi connectivity index (χ4n) is 4.64. The van der Waals surface area contributed by atoms with Gasteiger partial charge in [-0.2, -0.15) is 0 Å². The number of terminal acetylenes is 1. The molecule has 0 aliphatic carbocycles. The third-order valence-corrected chi connectivity index (χ3v) is 6.70. The monoisotopic (exact) mass is 635 g/mol. The summed E-state index contributed by atoms with van der Waals surface area (Å²) in [6, 6.07) is 12.1. The first-order valence-corrected chi connectivity index (χ1v) is 15.6. The zero-order valence-corrected chi connectivity index (χ0v) is 28.1. The van der Waals surface area contributed by atoms with Crippen LogP contribution in [-0.2, 0) is 30.3 Å². The quantitative estimate of drug-likeness (QED) is 0.156. The lowest BCUT2D eigenvalue weighted by molar-refractivity contribution is -0.159. The van der Waals surface area contributed by atoms with E-state index in [4.69, 9.17) is 15.9 Å². The van der Waals surface area contributed by atoms with Gasteiger partial charge in [0.15, 0.2) is 0 Å². The fraction of sp³-hybridized carbons (Fsp3) is 0.500. The van der Waals surface area contributed by atoms with Gasteiger partial charge in [-0.05, 0) is 71.2 Å². The first-order valence-electron chi connectivity index (χ1n) is 15.6. The molecule has 0 fully saturated rings. The van der Waals surface area contributed by atoms with Crippen LogP contribution in [0, 0.1) is 12.3 Å². The van der Waals surface area contributed by atoms with E-state index in [2.05, 4.69) is 16.6 Å². The Labute approximate surface area is 273 Å². The standard InChI is InChI=1S/C36H49N3O7/c1-9-11-15-22-39(32(42)29(24-40)38-34(44)46-36(6,7)8)30(27-20-18-25(10-2)19-21-27)31(41)37-28(33(43)45-35(3,4)5)23-26-16-13-12-14-17-26/h2,12-14,16-21,28-30,40H,9,11,15,22-24H2,1,3-8H3,(H,37,41)(H,38,44). The highest BCUT2D eigenvalue weighted by atomic mass is 16.6. The Kier molecular flexibility index (Phi) is 14.3. The van der Waals surface area contributed by atoms with Crippen molar-refractivity contribution in [1.29, 1.82) is 0 Å². The molecule has 3 atom stereocenters. The van der Waals surface area contributed by atoms with Crippen molar-refractivity contribution < 1.29 is 33.8 Å². The predicted molar refractivity (Wildman–Crippen MR) is 177 cm³/mol. The molecule has 10 heteroatoms. The third-order valence-electron chi connectivity index (χ3n) is 6.70. The van der Waals surface area contributed by atoms with Crippen LogP contribution in [0.15, 0.2) is 54.6 Å². The molecule has 3 N–H and O–H groups in total. The van der Waals surface area contributed by atoms with Crippen LogP contribution in [0.4, 0.5) is 4.79 Å². The second-order valence-corrected chi connectivity index (χ2v) is 13.1. The van der Waals surface area contributed by atoms with Crippen LogP contribution < -0.4 is 10.6 Å². The average Bonchev–Trinajstić information content (AvgIpc) is 2.97. The van der Waals surface area contributed by atoms with Crippen LogP contribution in [0.2, 0.25) is 0 Å². The Morgan fingerprint density at radius 3 is 2.00 bits per heavy atom. The molecule has 0 heterocycles. The van der Waals surface area contributed by atoms with Crippen molar-refractivity contribution in [3.8, 4) is 12.3 Å². The molecule has 0 radical (unpaired) electrons. The minimum atomic E-state index is -1.40. The lowest BCUT2D eigenvalue weighted by atomic mass is 9.99. The first-order chi connectivity index (χ1) is 21.6. The molecule has 0 saturated heterocycles. The Hall–Kier alpha value is -4.36. The van der Waals surface area contributed by atoms with Crippen LogP contribution in [0.3, 0.4) is 0 Å². The number of aliphatic hydroxyl groups is 1. The van der Waals surface area contributed by atoms with Gasteiger partial charge in [0.05, 0.1) is 6.61 Å². The Morgan fingerprint density at radius 2 is 1.48 bits per heavy atom. The number of benzene rings is 2. The molecular weight excluding hydrogens is 586 g/mol. The van der Waals surface area contributed by atoms with Gasteiger partial charge in [-0.3, -0.25) is 9.59 Å². The third kappa shape index (κ3) is 12.6. The molecule has 0 aromatic heterocycles. The van der Waals surface area contributed by atoms with Gasteiger partial charge >= 0.3 is 12.1 Å². The molecule has 2 rings (SSSR count). The molecule has 250 valence electrons. The maximum atomic E-state index is 14.3. The van der Waals surface area contributed by atoms with E-state index in [1.165, 1.54) is 4.90 Å². The molecule has 2 aromatic rings. The number of carbonyl (C=O) groups excluding carboxylic acids is 4. The lowest BCUT2D eigenvalue weighted by Gasteiger charge is -2.35. The second kappa shape index (κ2) is 17.4. The number of unbranched alkanes of at least 4 members (excludes halogenated alkanes) is 2. The molecule has 2 aromatic carbocycles. The Balaban J connectivity index is 2.59. The summed E-state index contributed by atoms with van der Waals surface area (Å²) in [5.74, 6) is 0.581. The van der Waals surface area contributed by atoms with Crippen LogP contribution in [0.5, 0.6) is 0 Å². The SMILES string of the molecule is C#Cc1ccc(C(C(=O)NC(Cc2ccccc2)C(=O)OC(C)(C)C)N(CCCCC)C(=O)C(CO)NC(=O)OC(C)(C)C)cc1. The molecule has 0 bridgehead atoms. The fourth-order valence-corrected chi connectivity index (χ4v) is 4.64. The van der Waals surface area contributed by atoms with Crippen molar-refractivity contribution in [3.63, 3.8) is 0 Å². The number of nitrogens with zero attached hydrogens (tertiary/aromatic N) is 1. The highest BCUT2D eigenvalue weighted by molar-refractivity contribution is 5.94. The molecule has 10 nitrogen and oxygen atoms in total. The smallest absolute Gasteiger partial charge is 0.408 e. The maximum absolute atomic E-state index is 14.3. The predicted octanol–water partition coefficient (Wildman–Crippen LogP) is 4.68. The number of hydrogen-bond donors (Lipinski definition) is 3. The molecule has 0 saturated carbocycles. The van der Waals surface area contributed by atoms with Crippen LogP contribution in [0.1, 0.15) is 90.5 Å². The van der Waals surface area contributed by atoms with E-state index in [9.17, 15) is 24.3 Å². The van der Waals surface area contributed by atoms with E-state index < -0.39 is 59.8 Å². The number of nitrogens with one attached hydrogen (secondary N) is 2.